The van der Waals surface area contributed by atoms with Crippen molar-refractivity contribution in [3.63, 3.8) is 0 Å². The third-order valence-corrected chi connectivity index (χ3v) is 15.7. The molecule has 1 atom stereocenters. The van der Waals surface area contributed by atoms with Gasteiger partial charge in [0.1, 0.15) is 23.0 Å². The molecule has 1 spiro atoms. The van der Waals surface area contributed by atoms with Crippen LogP contribution in [-0.2, 0) is 5.41 Å². The van der Waals surface area contributed by atoms with Gasteiger partial charge in [-0.3, -0.25) is 0 Å². The molecule has 0 aliphatic carbocycles. The fourth-order valence-corrected chi connectivity index (χ4v) is 13.2. The summed E-state index contributed by atoms with van der Waals surface area (Å²) >= 11 is 0. The maximum atomic E-state index is 6.89. The molecule has 10 rings (SSSR count). The van der Waals surface area contributed by atoms with E-state index in [1.807, 2.05) is 60.7 Å². The minimum absolute atomic E-state index is 0.0402. The topological polar surface area (TPSA) is 57.1 Å². The Bertz CT molecular complexity index is 2690. The third-order valence-electron chi connectivity index (χ3n) is 10.8. The zero-order chi connectivity index (χ0) is 37.1. The van der Waals surface area contributed by atoms with Gasteiger partial charge in [0, 0.05) is 16.7 Å². The van der Waals surface area contributed by atoms with E-state index in [2.05, 4.69) is 130 Å². The first-order valence-corrected chi connectivity index (χ1v) is 20.7. The summed E-state index contributed by atoms with van der Waals surface area (Å²) in [5.74, 6) is 5.25. The molecule has 0 saturated heterocycles. The van der Waals surface area contributed by atoms with E-state index in [-0.39, 0.29) is 5.41 Å². The van der Waals surface area contributed by atoms with E-state index in [9.17, 15) is 0 Å². The Hall–Kier alpha value is -6.63. The fraction of sp³-hybridized carbons (Fsp3) is 0.0816. The SMILES string of the molecule is CC(C)(C)c1cccc(-c2ccc3c(c2)Oc2ccccc2[Si]32c3ccccc3Oc3cc(-c4nc(-c5ccccc5)nc(-c5ccccc5)n4)ccc32)c1. The number of para-hydroxylation sites is 2. The highest BCUT2D eigenvalue weighted by molar-refractivity contribution is 7.21. The van der Waals surface area contributed by atoms with E-state index in [0.717, 1.165) is 50.4 Å². The van der Waals surface area contributed by atoms with Crippen molar-refractivity contribution in [1.82, 2.24) is 15.0 Å². The van der Waals surface area contributed by atoms with Crippen molar-refractivity contribution in [2.75, 3.05) is 0 Å². The van der Waals surface area contributed by atoms with Crippen molar-refractivity contribution >= 4 is 28.8 Å². The van der Waals surface area contributed by atoms with Gasteiger partial charge in [0.05, 0.1) is 0 Å². The smallest absolute Gasteiger partial charge is 0.196 e. The second-order valence-corrected chi connectivity index (χ2v) is 18.9. The second kappa shape index (κ2) is 12.8. The Balaban J connectivity index is 1.18. The monoisotopic (exact) mass is 727 g/mol. The predicted molar refractivity (Wildman–Crippen MR) is 224 cm³/mol. The van der Waals surface area contributed by atoms with E-state index >= 15 is 0 Å². The predicted octanol–water partition coefficient (Wildman–Crippen LogP) is 9.43. The van der Waals surface area contributed by atoms with Gasteiger partial charge >= 0.3 is 0 Å². The van der Waals surface area contributed by atoms with E-state index in [1.165, 1.54) is 26.7 Å². The van der Waals surface area contributed by atoms with Crippen LogP contribution < -0.4 is 30.2 Å². The van der Waals surface area contributed by atoms with Crippen molar-refractivity contribution in [3.8, 4) is 68.3 Å². The van der Waals surface area contributed by atoms with Crippen molar-refractivity contribution < 1.29 is 9.47 Å². The summed E-state index contributed by atoms with van der Waals surface area (Å²) in [4.78, 5) is 15.0. The van der Waals surface area contributed by atoms with Crippen LogP contribution in [0.5, 0.6) is 23.0 Å². The molecule has 5 nitrogen and oxygen atoms in total. The molecule has 2 aliphatic heterocycles. The van der Waals surface area contributed by atoms with Gasteiger partial charge in [-0.15, -0.1) is 0 Å². The molecular weight excluding hydrogens is 691 g/mol. The number of hydrogen-bond acceptors (Lipinski definition) is 5. The molecule has 0 saturated carbocycles. The van der Waals surface area contributed by atoms with Crippen LogP contribution in [0.15, 0.2) is 170 Å². The molecule has 0 N–H and O–H groups in total. The highest BCUT2D eigenvalue weighted by Gasteiger charge is 2.53. The number of hydrogen-bond donors (Lipinski definition) is 0. The minimum atomic E-state index is -2.97. The van der Waals surface area contributed by atoms with Crippen LogP contribution >= 0.6 is 0 Å². The normalized spacial score (nSPS) is 15.2. The first kappa shape index (κ1) is 33.0. The van der Waals surface area contributed by atoms with E-state index in [0.29, 0.717) is 17.5 Å². The summed E-state index contributed by atoms with van der Waals surface area (Å²) < 4.78 is 13.8. The fourth-order valence-electron chi connectivity index (χ4n) is 8.09. The number of fused-ring (bicyclic) bond motifs is 8. The molecular formula is C49H37N3O2Si. The Morgan fingerprint density at radius 1 is 0.364 bits per heavy atom. The molecule has 0 bridgehead atoms. The first-order chi connectivity index (χ1) is 26.9. The highest BCUT2D eigenvalue weighted by Crippen LogP contribution is 2.39. The number of benzene rings is 7. The maximum absolute atomic E-state index is 6.89. The van der Waals surface area contributed by atoms with Crippen molar-refractivity contribution in [2.24, 2.45) is 0 Å². The Morgan fingerprint density at radius 2 is 0.782 bits per heavy atom. The van der Waals surface area contributed by atoms with Gasteiger partial charge in [-0.1, -0.05) is 166 Å². The third kappa shape index (κ3) is 5.48. The van der Waals surface area contributed by atoms with Crippen LogP contribution in [0.1, 0.15) is 26.3 Å². The zero-order valence-electron chi connectivity index (χ0n) is 30.8. The largest absolute Gasteiger partial charge is 0.458 e. The average molecular weight is 728 g/mol. The van der Waals surface area contributed by atoms with E-state index in [4.69, 9.17) is 24.4 Å². The van der Waals surface area contributed by atoms with Crippen LogP contribution in [-0.4, -0.2) is 23.0 Å². The van der Waals surface area contributed by atoms with Gasteiger partial charge in [0.15, 0.2) is 25.5 Å². The molecule has 2 aliphatic rings. The highest BCUT2D eigenvalue weighted by atomic mass is 28.3. The standard InChI is InChI=1S/C49H37N3O2Si/c1-49(2,3)37-20-14-19-34(29-37)35-25-27-44-40(30-35)53-38-21-10-12-23-42(38)55(44)43-24-13-11-22-39(43)54-41-31-36(26-28-45(41)55)48-51-46(32-15-6-4-7-16-32)50-47(52-48)33-17-8-5-9-18-33/h4-31H,1-3H3. The molecule has 264 valence electrons. The number of rotatable bonds is 4. The van der Waals surface area contributed by atoms with Crippen LogP contribution in [0.4, 0.5) is 0 Å². The molecule has 0 fully saturated rings. The summed E-state index contributed by atoms with van der Waals surface area (Å²) in [6.07, 6.45) is 0. The zero-order valence-corrected chi connectivity index (χ0v) is 31.8. The quantitative estimate of drug-likeness (QED) is 0.169. The first-order valence-electron chi connectivity index (χ1n) is 18.7. The number of aromatic nitrogens is 3. The molecule has 1 unspecified atom stereocenters. The number of nitrogens with zero attached hydrogens (tertiary/aromatic N) is 3. The Morgan fingerprint density at radius 3 is 1.33 bits per heavy atom. The molecule has 3 heterocycles. The van der Waals surface area contributed by atoms with Gasteiger partial charge in [-0.25, -0.2) is 15.0 Å². The van der Waals surface area contributed by atoms with E-state index < -0.39 is 8.07 Å². The molecule has 55 heavy (non-hydrogen) atoms. The van der Waals surface area contributed by atoms with Crippen LogP contribution in [0.2, 0.25) is 0 Å². The van der Waals surface area contributed by atoms with Gasteiger partial charge in [-0.2, -0.15) is 0 Å². The molecule has 0 radical (unpaired) electrons. The summed E-state index contributed by atoms with van der Waals surface area (Å²) in [6.45, 7) is 6.76. The lowest BCUT2D eigenvalue weighted by Gasteiger charge is -2.43. The van der Waals surface area contributed by atoms with Crippen LogP contribution in [0, 0.1) is 0 Å². The lowest BCUT2D eigenvalue weighted by atomic mass is 9.85. The van der Waals surface area contributed by atoms with Crippen LogP contribution in [0.3, 0.4) is 0 Å². The lowest BCUT2D eigenvalue weighted by Crippen LogP contribution is -2.77. The van der Waals surface area contributed by atoms with Crippen molar-refractivity contribution in [2.45, 2.75) is 26.2 Å². The van der Waals surface area contributed by atoms with Gasteiger partial charge in [-0.05, 0) is 67.1 Å². The van der Waals surface area contributed by atoms with E-state index in [1.54, 1.807) is 0 Å². The van der Waals surface area contributed by atoms with Gasteiger partial charge < -0.3 is 9.47 Å². The molecule has 7 aromatic carbocycles. The molecule has 8 aromatic rings. The Labute approximate surface area is 322 Å². The molecule has 6 heteroatoms. The van der Waals surface area contributed by atoms with Gasteiger partial charge in [0.25, 0.3) is 0 Å². The maximum Gasteiger partial charge on any atom is 0.196 e. The molecule has 0 amide bonds. The van der Waals surface area contributed by atoms with Crippen molar-refractivity contribution in [3.05, 3.63) is 175 Å². The summed E-state index contributed by atoms with van der Waals surface area (Å²) in [6, 6.07) is 59.4. The lowest BCUT2D eigenvalue weighted by molar-refractivity contribution is 0.482. The summed E-state index contributed by atoms with van der Waals surface area (Å²) in [7, 11) is -2.97. The van der Waals surface area contributed by atoms with Gasteiger partial charge in [0.2, 0.25) is 0 Å². The van der Waals surface area contributed by atoms with Crippen molar-refractivity contribution in [1.29, 1.82) is 0 Å². The molecule has 1 aromatic heterocycles. The summed E-state index contributed by atoms with van der Waals surface area (Å²) in [5, 5.41) is 4.76. The summed E-state index contributed by atoms with van der Waals surface area (Å²) in [5.41, 5.74) is 6.35. The average Bonchev–Trinajstić information content (AvgIpc) is 3.23. The Kier molecular flexibility index (Phi) is 7.64. The number of ether oxygens (including phenoxy) is 2. The minimum Gasteiger partial charge on any atom is -0.458 e. The second-order valence-electron chi connectivity index (χ2n) is 15.2. The van der Waals surface area contributed by atoms with Crippen LogP contribution in [0.25, 0.3) is 45.3 Å².